The maximum atomic E-state index is 12.2. The molecule has 2 rings (SSSR count). The molecule has 0 N–H and O–H groups in total. The second-order valence-corrected chi connectivity index (χ2v) is 9.74. The van der Waals surface area contributed by atoms with Crippen molar-refractivity contribution < 1.29 is 23.6 Å². The molecule has 0 aromatic carbocycles. The van der Waals surface area contributed by atoms with Crippen LogP contribution < -0.4 is 0 Å². The van der Waals surface area contributed by atoms with Crippen LogP contribution in [0.3, 0.4) is 0 Å². The van der Waals surface area contributed by atoms with E-state index in [0.29, 0.717) is 6.54 Å². The SMILES string of the molecule is C[C@@H](CN(C)C(=O)OC(C)(C)C)OC1C(B2OC(C)(C)C(C)(C)O2)C=NN1C. The van der Waals surface area contributed by atoms with E-state index < -0.39 is 23.9 Å². The van der Waals surface area contributed by atoms with E-state index in [1.807, 2.05) is 68.7 Å². The molecule has 2 heterocycles. The van der Waals surface area contributed by atoms with Crippen molar-refractivity contribution in [3.63, 3.8) is 0 Å². The first-order valence-electron chi connectivity index (χ1n) is 9.85. The molecule has 0 radical (unpaired) electrons. The van der Waals surface area contributed by atoms with Crippen molar-refractivity contribution >= 4 is 19.4 Å². The van der Waals surface area contributed by atoms with Crippen molar-refractivity contribution in [2.24, 2.45) is 5.10 Å². The highest BCUT2D eigenvalue weighted by Gasteiger charge is 2.56. The topological polar surface area (TPSA) is 72.8 Å². The Labute approximate surface area is 169 Å². The molecule has 0 aromatic heterocycles. The van der Waals surface area contributed by atoms with Crippen LogP contribution in [0, 0.1) is 0 Å². The first kappa shape index (κ1) is 23.0. The number of hydrazone groups is 1. The summed E-state index contributed by atoms with van der Waals surface area (Å²) in [5.74, 6) is -0.166. The molecule has 1 fully saturated rings. The van der Waals surface area contributed by atoms with E-state index in [1.54, 1.807) is 12.1 Å². The molecule has 3 atom stereocenters. The largest absolute Gasteiger partial charge is 0.471 e. The second-order valence-electron chi connectivity index (χ2n) is 9.74. The van der Waals surface area contributed by atoms with Gasteiger partial charge in [0.05, 0.1) is 23.1 Å². The number of carbonyl (C=O) groups excluding carboxylic acids is 1. The Balaban J connectivity index is 1.97. The molecule has 0 bridgehead atoms. The molecule has 0 aliphatic carbocycles. The zero-order valence-electron chi connectivity index (χ0n) is 19.0. The van der Waals surface area contributed by atoms with Crippen LogP contribution in [0.5, 0.6) is 0 Å². The highest BCUT2D eigenvalue weighted by Crippen LogP contribution is 2.42. The van der Waals surface area contributed by atoms with Crippen molar-refractivity contribution in [3.8, 4) is 0 Å². The maximum Gasteiger partial charge on any atom is 0.471 e. The number of rotatable bonds is 5. The van der Waals surface area contributed by atoms with E-state index in [2.05, 4.69) is 5.10 Å². The molecule has 0 saturated carbocycles. The first-order valence-corrected chi connectivity index (χ1v) is 9.85. The third-order valence-corrected chi connectivity index (χ3v) is 5.31. The molecule has 2 unspecified atom stereocenters. The van der Waals surface area contributed by atoms with Gasteiger partial charge in [-0.2, -0.15) is 5.10 Å². The number of carbonyl (C=O) groups is 1. The highest BCUT2D eigenvalue weighted by atomic mass is 16.7. The number of likely N-dealkylation sites (N-methyl/N-ethyl adjacent to an activating group) is 1. The summed E-state index contributed by atoms with van der Waals surface area (Å²) in [6, 6.07) is 0. The average Bonchev–Trinajstić information content (AvgIpc) is 2.94. The Bertz CT molecular complexity index is 589. The van der Waals surface area contributed by atoms with Gasteiger partial charge in [-0.3, -0.25) is 5.01 Å². The minimum atomic E-state index is -0.531. The Morgan fingerprint density at radius 1 is 1.29 bits per heavy atom. The molecule has 0 spiro atoms. The fourth-order valence-corrected chi connectivity index (χ4v) is 3.08. The summed E-state index contributed by atoms with van der Waals surface area (Å²) >= 11 is 0. The Morgan fingerprint density at radius 3 is 2.32 bits per heavy atom. The summed E-state index contributed by atoms with van der Waals surface area (Å²) in [6.07, 6.45) is 0.881. The third-order valence-electron chi connectivity index (χ3n) is 5.31. The summed E-state index contributed by atoms with van der Waals surface area (Å²) in [4.78, 5) is 13.7. The molecule has 9 heteroatoms. The summed E-state index contributed by atoms with van der Waals surface area (Å²) in [5.41, 5.74) is -1.36. The minimum Gasteiger partial charge on any atom is -0.444 e. The van der Waals surface area contributed by atoms with Crippen LogP contribution in [-0.2, 0) is 18.8 Å². The molecule has 1 saturated heterocycles. The van der Waals surface area contributed by atoms with Crippen molar-refractivity contribution in [1.29, 1.82) is 0 Å². The van der Waals surface area contributed by atoms with Crippen molar-refractivity contribution in [2.45, 2.75) is 90.3 Å². The molecule has 2 aliphatic rings. The highest BCUT2D eigenvalue weighted by molar-refractivity contribution is 6.52. The van der Waals surface area contributed by atoms with Gasteiger partial charge in [0.15, 0.2) is 6.23 Å². The minimum absolute atomic E-state index is 0.166. The predicted molar refractivity (Wildman–Crippen MR) is 109 cm³/mol. The van der Waals surface area contributed by atoms with Crippen LogP contribution in [-0.4, -0.2) is 79.1 Å². The van der Waals surface area contributed by atoms with E-state index in [4.69, 9.17) is 18.8 Å². The van der Waals surface area contributed by atoms with Crippen LogP contribution in [0.2, 0.25) is 5.82 Å². The summed E-state index contributed by atoms with van der Waals surface area (Å²) in [6.45, 7) is 16.0. The number of nitrogens with zero attached hydrogens (tertiary/aromatic N) is 3. The molecule has 28 heavy (non-hydrogen) atoms. The van der Waals surface area contributed by atoms with Gasteiger partial charge in [-0.15, -0.1) is 0 Å². The van der Waals surface area contributed by atoms with Gasteiger partial charge >= 0.3 is 13.2 Å². The van der Waals surface area contributed by atoms with Crippen molar-refractivity contribution in [2.75, 3.05) is 20.6 Å². The van der Waals surface area contributed by atoms with Gasteiger partial charge in [0, 0.05) is 26.9 Å². The van der Waals surface area contributed by atoms with Gasteiger partial charge in [0.1, 0.15) is 5.60 Å². The summed E-state index contributed by atoms with van der Waals surface area (Å²) < 4.78 is 24.0. The van der Waals surface area contributed by atoms with Crippen molar-refractivity contribution in [1.82, 2.24) is 9.91 Å². The summed E-state index contributed by atoms with van der Waals surface area (Å²) in [5, 5.41) is 6.14. The molecule has 160 valence electrons. The van der Waals surface area contributed by atoms with Gasteiger partial charge < -0.3 is 23.7 Å². The van der Waals surface area contributed by atoms with E-state index in [0.717, 1.165) is 0 Å². The fraction of sp³-hybridized carbons (Fsp3) is 0.895. The predicted octanol–water partition coefficient (Wildman–Crippen LogP) is 2.98. The normalized spacial score (nSPS) is 27.2. The third kappa shape index (κ3) is 5.18. The van der Waals surface area contributed by atoms with Crippen LogP contribution in [0.15, 0.2) is 5.10 Å². The Kier molecular flexibility index (Phi) is 6.43. The lowest BCUT2D eigenvalue weighted by Crippen LogP contribution is -2.44. The molecule has 8 nitrogen and oxygen atoms in total. The van der Waals surface area contributed by atoms with E-state index >= 15 is 0 Å². The quantitative estimate of drug-likeness (QED) is 0.665. The van der Waals surface area contributed by atoms with Crippen LogP contribution in [0.25, 0.3) is 0 Å². The van der Waals surface area contributed by atoms with Crippen LogP contribution in [0.1, 0.15) is 55.4 Å². The second kappa shape index (κ2) is 7.84. The lowest BCUT2D eigenvalue weighted by Gasteiger charge is -2.32. The van der Waals surface area contributed by atoms with Gasteiger partial charge in [0.25, 0.3) is 0 Å². The zero-order valence-corrected chi connectivity index (χ0v) is 19.0. The monoisotopic (exact) mass is 397 g/mol. The average molecular weight is 397 g/mol. The summed E-state index contributed by atoms with van der Waals surface area (Å²) in [7, 11) is 3.12. The lowest BCUT2D eigenvalue weighted by molar-refractivity contribution is -0.0815. The Morgan fingerprint density at radius 2 is 1.82 bits per heavy atom. The standard InChI is InChI=1S/C19H36BN3O5/c1-13(12-22(9)16(24)26-17(2,3)4)25-15-14(11-21-23(15)10)20-27-18(5,6)19(7,8)28-20/h11,13-15H,12H2,1-10H3/t13-,14?,15?/m0/s1. The molecular weight excluding hydrogens is 361 g/mol. The lowest BCUT2D eigenvalue weighted by atomic mass is 9.71. The van der Waals surface area contributed by atoms with E-state index in [9.17, 15) is 4.79 Å². The van der Waals surface area contributed by atoms with Gasteiger partial charge in [-0.05, 0) is 55.4 Å². The Hall–Kier alpha value is -1.32. The maximum absolute atomic E-state index is 12.2. The molecular formula is C19H36BN3O5. The van der Waals surface area contributed by atoms with E-state index in [1.165, 1.54) is 4.90 Å². The number of amides is 1. The number of ether oxygens (including phenoxy) is 2. The molecule has 0 aromatic rings. The van der Waals surface area contributed by atoms with Gasteiger partial charge in [-0.1, -0.05) is 0 Å². The van der Waals surface area contributed by atoms with Crippen LogP contribution >= 0.6 is 0 Å². The van der Waals surface area contributed by atoms with Crippen LogP contribution in [0.4, 0.5) is 4.79 Å². The zero-order chi connectivity index (χ0) is 21.5. The molecule has 2 aliphatic heterocycles. The smallest absolute Gasteiger partial charge is 0.444 e. The van der Waals surface area contributed by atoms with Gasteiger partial charge in [-0.25, -0.2) is 4.79 Å². The van der Waals surface area contributed by atoms with E-state index in [-0.39, 0.29) is 24.2 Å². The van der Waals surface area contributed by atoms with Gasteiger partial charge in [0.2, 0.25) is 0 Å². The number of hydrogen-bond acceptors (Lipinski definition) is 7. The molecule has 1 amide bonds. The first-order chi connectivity index (χ1) is 12.6. The fourth-order valence-electron chi connectivity index (χ4n) is 3.08. The van der Waals surface area contributed by atoms with Crippen molar-refractivity contribution in [3.05, 3.63) is 0 Å². The number of hydrogen-bond donors (Lipinski definition) is 0.